The molecule has 0 spiro atoms. The Morgan fingerprint density at radius 3 is 2.67 bits per heavy atom. The van der Waals surface area contributed by atoms with E-state index in [0.29, 0.717) is 18.1 Å². The average molecular weight is 436 g/mol. The van der Waals surface area contributed by atoms with Gasteiger partial charge in [0, 0.05) is 41.5 Å². The maximum absolute atomic E-state index is 12.0. The Bertz CT molecular complexity index is 828. The van der Waals surface area contributed by atoms with E-state index >= 15 is 0 Å². The van der Waals surface area contributed by atoms with E-state index in [4.69, 9.17) is 0 Å². The van der Waals surface area contributed by atoms with Gasteiger partial charge in [-0.1, -0.05) is 6.07 Å². The summed E-state index contributed by atoms with van der Waals surface area (Å²) in [5, 5.41) is 16.0. The maximum atomic E-state index is 12.0. The number of pyridine rings is 1. The molecule has 0 fully saturated rings. The van der Waals surface area contributed by atoms with Crippen LogP contribution in [0.1, 0.15) is 6.42 Å². The Morgan fingerprint density at radius 1 is 1.22 bits per heavy atom. The van der Waals surface area contributed by atoms with E-state index in [0.717, 1.165) is 4.47 Å². The summed E-state index contributed by atoms with van der Waals surface area (Å²) in [7, 11) is 1.72. The molecule has 9 nitrogen and oxygen atoms in total. The highest BCUT2D eigenvalue weighted by atomic mass is 79.9. The maximum Gasteiger partial charge on any atom is 0.271 e. The quantitative estimate of drug-likeness (QED) is 0.485. The molecular formula is C17H18BrN5O4. The average Bonchev–Trinajstić information content (AvgIpc) is 2.62. The summed E-state index contributed by atoms with van der Waals surface area (Å²) in [5.74, 6) is -0.0937. The van der Waals surface area contributed by atoms with Gasteiger partial charge in [-0.25, -0.2) is 4.98 Å². The van der Waals surface area contributed by atoms with Crippen LogP contribution in [0.5, 0.6) is 0 Å². The molecule has 1 heterocycles. The van der Waals surface area contributed by atoms with Gasteiger partial charge in [0.1, 0.15) is 5.82 Å². The lowest BCUT2D eigenvalue weighted by Crippen LogP contribution is -2.32. The zero-order valence-corrected chi connectivity index (χ0v) is 16.1. The number of rotatable bonds is 8. The molecule has 0 radical (unpaired) electrons. The molecule has 27 heavy (non-hydrogen) atoms. The Labute approximate surface area is 164 Å². The fourth-order valence-corrected chi connectivity index (χ4v) is 2.40. The highest BCUT2D eigenvalue weighted by Gasteiger charge is 2.11. The second-order valence-electron chi connectivity index (χ2n) is 5.75. The number of carbonyl (C=O) groups is 2. The van der Waals surface area contributed by atoms with Crippen molar-refractivity contribution in [2.75, 3.05) is 30.8 Å². The van der Waals surface area contributed by atoms with Crippen molar-refractivity contribution in [3.63, 3.8) is 0 Å². The number of nitro groups is 1. The summed E-state index contributed by atoms with van der Waals surface area (Å²) < 4.78 is 0.812. The first-order valence-corrected chi connectivity index (χ1v) is 8.77. The van der Waals surface area contributed by atoms with E-state index in [-0.39, 0.29) is 30.5 Å². The van der Waals surface area contributed by atoms with E-state index in [1.165, 1.54) is 18.2 Å². The lowest BCUT2D eigenvalue weighted by Gasteiger charge is -2.16. The molecular weight excluding hydrogens is 418 g/mol. The molecule has 0 aliphatic carbocycles. The number of non-ortho nitro benzene ring substituents is 1. The van der Waals surface area contributed by atoms with Gasteiger partial charge in [0.15, 0.2) is 0 Å². The number of nitro benzene ring substituents is 1. The number of amides is 2. The Hall–Kier alpha value is -2.85. The number of aromatic nitrogens is 1. The molecule has 0 atom stereocenters. The molecule has 0 unspecified atom stereocenters. The van der Waals surface area contributed by atoms with Crippen LogP contribution in [0.3, 0.4) is 0 Å². The highest BCUT2D eigenvalue weighted by Crippen LogP contribution is 2.17. The molecule has 0 saturated heterocycles. The van der Waals surface area contributed by atoms with Gasteiger partial charge in [-0.05, 0) is 41.2 Å². The molecule has 0 aliphatic rings. The minimum absolute atomic E-state index is 0.0943. The van der Waals surface area contributed by atoms with E-state index in [1.54, 1.807) is 36.3 Å². The fraction of sp³-hybridized carbons (Fsp3) is 0.235. The standard InChI is InChI=1S/C17H18BrN5O4/c1-22(11-17(25)21-15-6-5-12(18)10-19-15)8-7-16(24)20-13-3-2-4-14(9-13)23(26)27/h2-6,9-10H,7-8,11H2,1H3,(H,20,24)(H,19,21,25). The highest BCUT2D eigenvalue weighted by molar-refractivity contribution is 9.10. The van der Waals surface area contributed by atoms with Gasteiger partial charge in [0.2, 0.25) is 11.8 Å². The number of halogens is 1. The Morgan fingerprint density at radius 2 is 2.00 bits per heavy atom. The predicted octanol–water partition coefficient (Wildman–Crippen LogP) is 2.65. The van der Waals surface area contributed by atoms with E-state index in [9.17, 15) is 19.7 Å². The molecule has 2 N–H and O–H groups in total. The van der Waals surface area contributed by atoms with Gasteiger partial charge in [-0.15, -0.1) is 0 Å². The third-order valence-electron chi connectivity index (χ3n) is 3.47. The minimum Gasteiger partial charge on any atom is -0.326 e. The number of anilines is 2. The number of hydrogen-bond donors (Lipinski definition) is 2. The second kappa shape index (κ2) is 9.74. The normalized spacial score (nSPS) is 10.5. The van der Waals surface area contributed by atoms with Gasteiger partial charge < -0.3 is 10.6 Å². The lowest BCUT2D eigenvalue weighted by atomic mass is 10.2. The summed E-state index contributed by atoms with van der Waals surface area (Å²) in [6, 6.07) is 9.16. The lowest BCUT2D eigenvalue weighted by molar-refractivity contribution is -0.384. The number of nitrogens with zero attached hydrogens (tertiary/aromatic N) is 3. The molecule has 10 heteroatoms. The number of likely N-dealkylation sites (N-methyl/N-ethyl adjacent to an activating group) is 1. The van der Waals surface area contributed by atoms with Crippen molar-refractivity contribution in [1.29, 1.82) is 0 Å². The molecule has 142 valence electrons. The van der Waals surface area contributed by atoms with Gasteiger partial charge in [-0.3, -0.25) is 24.6 Å². The van der Waals surface area contributed by atoms with Crippen LogP contribution in [0.4, 0.5) is 17.2 Å². The molecule has 0 aliphatic heterocycles. The number of carbonyl (C=O) groups excluding carboxylic acids is 2. The van der Waals surface area contributed by atoms with Gasteiger partial charge in [0.25, 0.3) is 5.69 Å². The van der Waals surface area contributed by atoms with E-state index in [1.807, 2.05) is 0 Å². The van der Waals surface area contributed by atoms with Crippen LogP contribution in [-0.2, 0) is 9.59 Å². The van der Waals surface area contributed by atoms with Crippen LogP contribution < -0.4 is 10.6 Å². The minimum atomic E-state index is -0.525. The van der Waals surface area contributed by atoms with Gasteiger partial charge in [-0.2, -0.15) is 0 Å². The third-order valence-corrected chi connectivity index (χ3v) is 3.94. The number of hydrogen-bond acceptors (Lipinski definition) is 6. The van der Waals surface area contributed by atoms with Crippen LogP contribution in [0.15, 0.2) is 47.1 Å². The summed E-state index contributed by atoms with van der Waals surface area (Å²) in [4.78, 5) is 39.9. The first-order valence-electron chi connectivity index (χ1n) is 7.98. The molecule has 2 amide bonds. The van der Waals surface area contributed by atoms with E-state index < -0.39 is 4.92 Å². The topological polar surface area (TPSA) is 117 Å². The van der Waals surface area contributed by atoms with Crippen molar-refractivity contribution < 1.29 is 14.5 Å². The smallest absolute Gasteiger partial charge is 0.271 e. The summed E-state index contributed by atoms with van der Waals surface area (Å²) >= 11 is 3.27. The molecule has 2 rings (SSSR count). The van der Waals surface area contributed by atoms with Crippen molar-refractivity contribution >= 4 is 44.9 Å². The predicted molar refractivity (Wildman–Crippen MR) is 104 cm³/mol. The Balaban J connectivity index is 1.75. The van der Waals surface area contributed by atoms with Gasteiger partial charge >= 0.3 is 0 Å². The van der Waals surface area contributed by atoms with Crippen LogP contribution in [0.2, 0.25) is 0 Å². The second-order valence-corrected chi connectivity index (χ2v) is 6.67. The van der Waals surface area contributed by atoms with Crippen LogP contribution in [0, 0.1) is 10.1 Å². The van der Waals surface area contributed by atoms with Crippen molar-refractivity contribution in [1.82, 2.24) is 9.88 Å². The van der Waals surface area contributed by atoms with Gasteiger partial charge in [0.05, 0.1) is 11.5 Å². The first-order chi connectivity index (χ1) is 12.8. The molecule has 2 aromatic rings. The monoisotopic (exact) mass is 435 g/mol. The largest absolute Gasteiger partial charge is 0.326 e. The van der Waals surface area contributed by atoms with Crippen molar-refractivity contribution in [2.45, 2.75) is 6.42 Å². The van der Waals surface area contributed by atoms with Crippen LogP contribution >= 0.6 is 15.9 Å². The Kier molecular flexibility index (Phi) is 7.38. The fourth-order valence-electron chi connectivity index (χ4n) is 2.17. The van der Waals surface area contributed by atoms with Crippen molar-refractivity contribution in [2.24, 2.45) is 0 Å². The summed E-state index contributed by atoms with van der Waals surface area (Å²) in [6.45, 7) is 0.448. The van der Waals surface area contributed by atoms with Crippen LogP contribution in [-0.4, -0.2) is 46.8 Å². The van der Waals surface area contributed by atoms with E-state index in [2.05, 4.69) is 31.5 Å². The van der Waals surface area contributed by atoms with Crippen LogP contribution in [0.25, 0.3) is 0 Å². The molecule has 1 aromatic carbocycles. The SMILES string of the molecule is CN(CCC(=O)Nc1cccc([N+](=O)[O-])c1)CC(=O)Nc1ccc(Br)cn1. The molecule has 0 saturated carbocycles. The number of benzene rings is 1. The molecule has 0 bridgehead atoms. The zero-order chi connectivity index (χ0) is 19.8. The van der Waals surface area contributed by atoms with Crippen molar-refractivity contribution in [3.05, 3.63) is 57.2 Å². The summed E-state index contributed by atoms with van der Waals surface area (Å²) in [5.41, 5.74) is 0.263. The zero-order valence-electron chi connectivity index (χ0n) is 14.5. The van der Waals surface area contributed by atoms with Crippen molar-refractivity contribution in [3.8, 4) is 0 Å². The summed E-state index contributed by atoms with van der Waals surface area (Å²) in [6.07, 6.45) is 1.72. The first kappa shape index (κ1) is 20.5. The molecule has 1 aromatic heterocycles. The number of nitrogens with one attached hydrogen (secondary N) is 2. The third kappa shape index (κ3) is 7.12.